The summed E-state index contributed by atoms with van der Waals surface area (Å²) in [7, 11) is 0. The predicted octanol–water partition coefficient (Wildman–Crippen LogP) is 36.8. The summed E-state index contributed by atoms with van der Waals surface area (Å²) in [6.45, 7) is 18.4. The number of nitrogens with zero attached hydrogens (tertiary/aromatic N) is 2. The fourth-order valence-electron chi connectivity index (χ4n) is 16.3. The van der Waals surface area contributed by atoms with Gasteiger partial charge in [-0.05, 0) is 124 Å². The van der Waals surface area contributed by atoms with Crippen molar-refractivity contribution in [2.24, 2.45) is 0 Å². The Hall–Kier alpha value is -1.99. The maximum absolute atomic E-state index is 12.4. The summed E-state index contributed by atoms with van der Waals surface area (Å²) in [6.07, 6.45) is 105. The van der Waals surface area contributed by atoms with E-state index in [-0.39, 0.29) is 0 Å². The normalized spacial score (nSPS) is 12.5. The minimum Gasteiger partial charge on any atom is -0.0654 e. The van der Waals surface area contributed by atoms with Crippen molar-refractivity contribution < 1.29 is 19.1 Å². The standard InChI is InChI=1S/C43H66N2.2C29H59.Ni/c1-7-13-19-21-27-41-40(26-20-14-8-2)42(38-30-34(22-15-9-3)28-35(31-38)23-16-10-4)45(44)43(41)39-32-36(24-17-11-5)29-37(33-39)25-18-12-6;2*1-3-5-7-9-11-13-15-17-19-21-23-25-27-29-28-26-24-22-20-18-16-14-12-10-8-6-4-2;/h28-33H,7-27H2,1-6H3;2*1,3-29H2,2H3;. The van der Waals surface area contributed by atoms with E-state index in [0.717, 1.165) is 49.9 Å². The van der Waals surface area contributed by atoms with E-state index in [1.54, 1.807) is 4.70 Å². The van der Waals surface area contributed by atoms with E-state index in [9.17, 15) is 5.53 Å². The monoisotopic (exact) mass is 1480 g/mol. The van der Waals surface area contributed by atoms with Gasteiger partial charge in [0.2, 0.25) is 11.4 Å². The number of hydrogen-bond donors (Lipinski definition) is 0. The fourth-order valence-corrected chi connectivity index (χ4v) is 17.6. The van der Waals surface area contributed by atoms with Gasteiger partial charge in [0.25, 0.3) is 0 Å². The molecule has 2 aromatic carbocycles. The first-order valence-corrected chi connectivity index (χ1v) is 49.5. The second kappa shape index (κ2) is 76.4. The van der Waals surface area contributed by atoms with E-state index in [1.807, 2.05) is 0 Å². The van der Waals surface area contributed by atoms with Gasteiger partial charge in [-0.15, -0.1) is 0 Å². The Morgan fingerprint density at radius 3 is 0.558 bits per heavy atom. The van der Waals surface area contributed by atoms with Crippen molar-refractivity contribution in [3.8, 4) is 0 Å². The molecule has 0 bridgehead atoms. The molecule has 0 saturated carbocycles. The van der Waals surface area contributed by atoms with Crippen LogP contribution in [0.15, 0.2) is 47.5 Å². The molecule has 0 unspecified atom stereocenters. The van der Waals surface area contributed by atoms with Crippen molar-refractivity contribution in [2.75, 3.05) is 0 Å². The SMILES string of the molecule is CCCCCCC1=C(c2cc(CCCC)cc(CCCC)c2)[N+](=[N-])C(c2cc(CCCC)cc(CCCC)c2)=C1CCCCC.CCCCCCCCCCCCCCCCCCCCCCCCCCCC[CH2][Ni][CH2]CCCCCCCCCCCCCCCCCCCCCCCCCCCC. The molecule has 1 heterocycles. The van der Waals surface area contributed by atoms with Gasteiger partial charge in [0, 0.05) is 22.3 Å². The summed E-state index contributed by atoms with van der Waals surface area (Å²) in [6, 6.07) is 14.5. The zero-order valence-corrected chi connectivity index (χ0v) is 73.1. The van der Waals surface area contributed by atoms with E-state index in [1.165, 1.54) is 498 Å². The van der Waals surface area contributed by atoms with Crippen molar-refractivity contribution in [1.82, 2.24) is 0 Å². The van der Waals surface area contributed by atoms with Crippen LogP contribution in [0, 0.1) is 0 Å². The van der Waals surface area contributed by atoms with E-state index < -0.39 is 0 Å². The van der Waals surface area contributed by atoms with Crippen LogP contribution in [0.1, 0.15) is 545 Å². The fraction of sp³-hybridized carbons (Fsp3) is 0.842. The number of hydrogen-bond acceptors (Lipinski definition) is 0. The number of benzene rings is 2. The van der Waals surface area contributed by atoms with Crippen molar-refractivity contribution >= 4 is 11.4 Å². The first-order chi connectivity index (χ1) is 51.4. The topological polar surface area (TPSA) is 25.3 Å². The predicted molar refractivity (Wildman–Crippen MR) is 468 cm³/mol. The molecule has 0 N–H and O–H groups in total. The van der Waals surface area contributed by atoms with Crippen molar-refractivity contribution in [1.29, 1.82) is 0 Å². The van der Waals surface area contributed by atoms with Crippen LogP contribution in [0.25, 0.3) is 16.9 Å². The molecule has 3 heteroatoms. The van der Waals surface area contributed by atoms with E-state index in [2.05, 4.69) is 106 Å². The van der Waals surface area contributed by atoms with Crippen LogP contribution in [0.3, 0.4) is 0 Å². The molecule has 0 spiro atoms. The molecule has 2 aromatic rings. The Morgan fingerprint density at radius 1 is 0.192 bits per heavy atom. The molecule has 1 aliphatic rings. The molecule has 0 atom stereocenters. The third-order valence-electron chi connectivity index (χ3n) is 23.3. The molecule has 1 aliphatic heterocycles. The molecule has 0 aliphatic carbocycles. The Labute approximate surface area is 660 Å². The van der Waals surface area contributed by atoms with E-state index >= 15 is 0 Å². The second-order valence-corrected chi connectivity index (χ2v) is 35.1. The van der Waals surface area contributed by atoms with Gasteiger partial charge in [0.1, 0.15) is 0 Å². The molecule has 104 heavy (non-hydrogen) atoms. The molecule has 0 fully saturated rings. The molecule has 3 rings (SSSR count). The first-order valence-electron chi connectivity index (χ1n) is 48.1. The first kappa shape index (κ1) is 98.1. The third-order valence-corrected chi connectivity index (χ3v) is 24.6. The zero-order chi connectivity index (χ0) is 74.7. The van der Waals surface area contributed by atoms with Crippen LogP contribution in [0.2, 0.25) is 10.8 Å². The van der Waals surface area contributed by atoms with Crippen molar-refractivity contribution in [3.63, 3.8) is 0 Å². The Bertz CT molecular complexity index is 2120. The molecule has 2 nitrogen and oxygen atoms in total. The van der Waals surface area contributed by atoms with Gasteiger partial charge >= 0.3 is 166 Å². The van der Waals surface area contributed by atoms with Gasteiger partial charge in [0.15, 0.2) is 0 Å². The number of rotatable bonds is 79. The average Bonchev–Trinajstić information content (AvgIpc) is 1.60. The van der Waals surface area contributed by atoms with Gasteiger partial charge in [-0.1, -0.05) is 331 Å². The van der Waals surface area contributed by atoms with E-state index in [0.29, 0.717) is 0 Å². The summed E-state index contributed by atoms with van der Waals surface area (Å²) in [5.74, 6) is 0. The maximum atomic E-state index is 12.4. The van der Waals surface area contributed by atoms with Crippen LogP contribution in [0.5, 0.6) is 0 Å². The molecule has 0 radical (unpaired) electrons. The average molecular weight is 1490 g/mol. The van der Waals surface area contributed by atoms with E-state index in [4.69, 9.17) is 0 Å². The second-order valence-electron chi connectivity index (χ2n) is 33.6. The van der Waals surface area contributed by atoms with Gasteiger partial charge in [0.05, 0.1) is 0 Å². The summed E-state index contributed by atoms with van der Waals surface area (Å²) < 4.78 is 1.65. The summed E-state index contributed by atoms with van der Waals surface area (Å²) in [4.78, 5) is 0. The Kier molecular flexibility index (Phi) is 72.0. The molecule has 0 aromatic heterocycles. The van der Waals surface area contributed by atoms with Crippen molar-refractivity contribution in [3.05, 3.63) is 86.5 Å². The Morgan fingerprint density at radius 2 is 0.356 bits per heavy atom. The van der Waals surface area contributed by atoms with Gasteiger partial charge in [-0.2, -0.15) is 0 Å². The van der Waals surface area contributed by atoms with Gasteiger partial charge in [-0.3, -0.25) is 0 Å². The number of allylic oxidation sites excluding steroid dienone is 2. The number of aryl methyl sites for hydroxylation is 4. The van der Waals surface area contributed by atoms with Crippen LogP contribution < -0.4 is 0 Å². The smallest absolute Gasteiger partial charge is 0.0654 e. The molecule has 0 amide bonds. The Balaban J connectivity index is 0.000000730. The molecular formula is C101H184N2Ni. The van der Waals surface area contributed by atoms with Crippen LogP contribution in [-0.4, -0.2) is 4.70 Å². The van der Waals surface area contributed by atoms with Crippen LogP contribution >= 0.6 is 0 Å². The quantitative estimate of drug-likeness (QED) is 0.0358. The molecule has 0 saturated heterocycles. The van der Waals surface area contributed by atoms with Crippen molar-refractivity contribution in [2.45, 2.75) is 548 Å². The summed E-state index contributed by atoms with van der Waals surface area (Å²) >= 11 is 2.05. The zero-order valence-electron chi connectivity index (χ0n) is 72.1. The number of unbranched alkanes of at least 4 members (excludes halogenated alkanes) is 61. The summed E-state index contributed by atoms with van der Waals surface area (Å²) in [5.41, 5.74) is 25.5. The van der Waals surface area contributed by atoms with Gasteiger partial charge in [-0.25, -0.2) is 4.70 Å². The molecular weight excluding hydrogens is 1300 g/mol. The van der Waals surface area contributed by atoms with Gasteiger partial charge < -0.3 is 5.53 Å². The minimum absolute atomic E-state index is 1.04. The molecule has 608 valence electrons. The van der Waals surface area contributed by atoms with Crippen LogP contribution in [0.4, 0.5) is 0 Å². The minimum atomic E-state index is 1.04. The van der Waals surface area contributed by atoms with Crippen LogP contribution in [-0.2, 0) is 40.1 Å². The summed E-state index contributed by atoms with van der Waals surface area (Å²) in [5, 5.41) is 2.87. The third kappa shape index (κ3) is 55.4.